The van der Waals surface area contributed by atoms with Crippen LogP contribution in [0.1, 0.15) is 22.3 Å². The highest BCUT2D eigenvalue weighted by Gasteiger charge is 2.47. The SMILES string of the molecule is c1ccc(N(c2ccccc2)c2cc3c(cc2N(c2ccccc2)c2ccccc2)Oc2cc4c(cc2O3)-c2ccccc2C4(c2ccccc2)c2ccccc2)cc1. The first-order valence-corrected chi connectivity index (χ1v) is 20.0. The van der Waals surface area contributed by atoms with Crippen LogP contribution < -0.4 is 19.3 Å². The van der Waals surface area contributed by atoms with E-state index in [0.29, 0.717) is 23.0 Å². The largest absolute Gasteiger partial charge is 0.449 e. The average Bonchev–Trinajstić information content (AvgIpc) is 3.59. The van der Waals surface area contributed by atoms with E-state index >= 15 is 0 Å². The standard InChI is InChI=1S/C55H38N2O2/c1-7-21-39(22-8-1)55(40-23-9-2-10-24-40)47-34-20-19-33-45(47)46-35-51-52(36-48(46)55)59-54-38-50(57(43-29-15-5-16-30-43)44-31-17-6-18-32-44)49(37-53(54)58-51)56(41-25-11-3-12-26-41)42-27-13-4-14-28-42/h1-38H. The zero-order valence-corrected chi connectivity index (χ0v) is 32.2. The zero-order chi connectivity index (χ0) is 39.2. The molecule has 0 bridgehead atoms. The van der Waals surface area contributed by atoms with Gasteiger partial charge in [-0.3, -0.25) is 0 Å². The van der Waals surface area contributed by atoms with Gasteiger partial charge < -0.3 is 19.3 Å². The van der Waals surface area contributed by atoms with Gasteiger partial charge in [-0.15, -0.1) is 0 Å². The maximum absolute atomic E-state index is 7.11. The van der Waals surface area contributed by atoms with E-state index < -0.39 is 5.41 Å². The third-order valence-electron chi connectivity index (χ3n) is 11.5. The Morgan fingerprint density at radius 2 is 0.627 bits per heavy atom. The Labute approximate surface area is 344 Å². The lowest BCUT2D eigenvalue weighted by molar-refractivity contribution is 0.359. The predicted molar refractivity (Wildman–Crippen MR) is 240 cm³/mol. The van der Waals surface area contributed by atoms with Crippen molar-refractivity contribution in [1.29, 1.82) is 0 Å². The van der Waals surface area contributed by atoms with E-state index in [1.807, 2.05) is 0 Å². The van der Waals surface area contributed by atoms with Gasteiger partial charge in [0.2, 0.25) is 0 Å². The summed E-state index contributed by atoms with van der Waals surface area (Å²) in [7, 11) is 0. The number of ether oxygens (including phenoxy) is 2. The topological polar surface area (TPSA) is 24.9 Å². The van der Waals surface area contributed by atoms with Gasteiger partial charge in [0.05, 0.1) is 16.8 Å². The normalized spacial score (nSPS) is 12.8. The van der Waals surface area contributed by atoms with Gasteiger partial charge in [0.15, 0.2) is 23.0 Å². The first-order chi connectivity index (χ1) is 29.3. The van der Waals surface area contributed by atoms with Gasteiger partial charge in [0.1, 0.15) is 0 Å². The smallest absolute Gasteiger partial charge is 0.172 e. The lowest BCUT2D eigenvalue weighted by Crippen LogP contribution is -2.28. The molecule has 0 N–H and O–H groups in total. The van der Waals surface area contributed by atoms with E-state index in [1.54, 1.807) is 0 Å². The predicted octanol–water partition coefficient (Wildman–Crippen LogP) is 14.9. The van der Waals surface area contributed by atoms with Gasteiger partial charge in [0, 0.05) is 34.9 Å². The molecule has 0 aromatic heterocycles. The number of fused-ring (bicyclic) bond motifs is 5. The molecule has 1 aliphatic heterocycles. The molecular weight excluding hydrogens is 721 g/mol. The zero-order valence-electron chi connectivity index (χ0n) is 32.2. The number of hydrogen-bond acceptors (Lipinski definition) is 4. The molecule has 0 amide bonds. The summed E-state index contributed by atoms with van der Waals surface area (Å²) < 4.78 is 14.1. The van der Waals surface area contributed by atoms with Crippen molar-refractivity contribution in [3.05, 3.63) is 253 Å². The minimum Gasteiger partial charge on any atom is -0.449 e. The Hall–Kier alpha value is -7.82. The van der Waals surface area contributed by atoms with Crippen LogP contribution in [-0.4, -0.2) is 0 Å². The number of anilines is 6. The second kappa shape index (κ2) is 14.3. The second-order valence-electron chi connectivity index (χ2n) is 14.9. The first kappa shape index (κ1) is 34.4. The third kappa shape index (κ3) is 5.68. The van der Waals surface area contributed by atoms with Gasteiger partial charge in [-0.1, -0.05) is 158 Å². The van der Waals surface area contributed by atoms with Gasteiger partial charge in [-0.2, -0.15) is 0 Å². The summed E-state index contributed by atoms with van der Waals surface area (Å²) in [6.07, 6.45) is 0. The van der Waals surface area contributed by atoms with Crippen molar-refractivity contribution in [2.45, 2.75) is 5.41 Å². The quantitative estimate of drug-likeness (QED) is 0.154. The summed E-state index contributed by atoms with van der Waals surface area (Å²) in [4.78, 5) is 4.59. The van der Waals surface area contributed by atoms with Crippen molar-refractivity contribution in [1.82, 2.24) is 0 Å². The molecule has 4 nitrogen and oxygen atoms in total. The molecule has 0 saturated heterocycles. The summed E-state index contributed by atoms with van der Waals surface area (Å²) >= 11 is 0. The minimum atomic E-state index is -0.564. The summed E-state index contributed by atoms with van der Waals surface area (Å²) in [6, 6.07) is 81.1. The van der Waals surface area contributed by atoms with E-state index in [9.17, 15) is 0 Å². The van der Waals surface area contributed by atoms with Crippen molar-refractivity contribution >= 4 is 34.1 Å². The van der Waals surface area contributed by atoms with E-state index in [2.05, 4.69) is 240 Å². The van der Waals surface area contributed by atoms with Crippen LogP contribution >= 0.6 is 0 Å². The summed E-state index contributed by atoms with van der Waals surface area (Å²) in [5.41, 5.74) is 12.5. The number of para-hydroxylation sites is 4. The van der Waals surface area contributed by atoms with Crippen LogP contribution in [0.15, 0.2) is 231 Å². The maximum Gasteiger partial charge on any atom is 0.172 e. The highest BCUT2D eigenvalue weighted by atomic mass is 16.6. The molecule has 0 fully saturated rings. The molecule has 1 heterocycles. The molecule has 9 aromatic carbocycles. The highest BCUT2D eigenvalue weighted by Crippen LogP contribution is 2.61. The molecule has 2 aliphatic rings. The highest BCUT2D eigenvalue weighted by molar-refractivity contribution is 5.94. The third-order valence-corrected chi connectivity index (χ3v) is 11.5. The van der Waals surface area contributed by atoms with Crippen LogP contribution in [0.4, 0.5) is 34.1 Å². The summed E-state index contributed by atoms with van der Waals surface area (Å²) in [5, 5.41) is 0. The molecule has 0 spiro atoms. The molecule has 11 rings (SSSR count). The molecule has 4 heteroatoms. The summed E-state index contributed by atoms with van der Waals surface area (Å²) in [5.74, 6) is 2.62. The summed E-state index contributed by atoms with van der Waals surface area (Å²) in [6.45, 7) is 0. The lowest BCUT2D eigenvalue weighted by Gasteiger charge is -2.35. The fourth-order valence-electron chi connectivity index (χ4n) is 9.06. The van der Waals surface area contributed by atoms with E-state index in [4.69, 9.17) is 9.47 Å². The Bertz CT molecular complexity index is 2800. The van der Waals surface area contributed by atoms with Crippen LogP contribution in [-0.2, 0) is 5.41 Å². The van der Waals surface area contributed by atoms with Gasteiger partial charge >= 0.3 is 0 Å². The number of hydrogen-bond donors (Lipinski definition) is 0. The van der Waals surface area contributed by atoms with Crippen molar-refractivity contribution in [2.75, 3.05) is 9.80 Å². The van der Waals surface area contributed by atoms with Crippen molar-refractivity contribution < 1.29 is 9.47 Å². The van der Waals surface area contributed by atoms with E-state index in [1.165, 1.54) is 22.3 Å². The van der Waals surface area contributed by atoms with Crippen LogP contribution in [0.5, 0.6) is 23.0 Å². The molecule has 1 aliphatic carbocycles. The second-order valence-corrected chi connectivity index (χ2v) is 14.9. The van der Waals surface area contributed by atoms with E-state index in [-0.39, 0.29) is 0 Å². The van der Waals surface area contributed by atoms with Crippen LogP contribution in [0, 0.1) is 0 Å². The molecule has 280 valence electrons. The fourth-order valence-corrected chi connectivity index (χ4v) is 9.06. The van der Waals surface area contributed by atoms with Crippen molar-refractivity contribution in [3.63, 3.8) is 0 Å². The van der Waals surface area contributed by atoms with Crippen molar-refractivity contribution in [2.24, 2.45) is 0 Å². The Balaban J connectivity index is 1.15. The van der Waals surface area contributed by atoms with Gasteiger partial charge in [0.25, 0.3) is 0 Å². The van der Waals surface area contributed by atoms with Gasteiger partial charge in [-0.05, 0) is 94.0 Å². The lowest BCUT2D eigenvalue weighted by atomic mass is 9.67. The minimum absolute atomic E-state index is 0.564. The Kier molecular flexibility index (Phi) is 8.34. The number of benzene rings is 9. The molecule has 0 unspecified atom stereocenters. The molecule has 9 aromatic rings. The monoisotopic (exact) mass is 758 g/mol. The molecule has 0 atom stereocenters. The molecular formula is C55H38N2O2. The number of rotatable bonds is 8. The van der Waals surface area contributed by atoms with Crippen molar-refractivity contribution in [3.8, 4) is 34.1 Å². The fraction of sp³-hybridized carbons (Fsp3) is 0.0182. The maximum atomic E-state index is 7.11. The van der Waals surface area contributed by atoms with Crippen LogP contribution in [0.2, 0.25) is 0 Å². The molecule has 0 saturated carbocycles. The Morgan fingerprint density at radius 1 is 0.288 bits per heavy atom. The van der Waals surface area contributed by atoms with E-state index in [0.717, 1.165) is 45.3 Å². The van der Waals surface area contributed by atoms with Crippen LogP contribution in [0.3, 0.4) is 0 Å². The first-order valence-electron chi connectivity index (χ1n) is 20.0. The van der Waals surface area contributed by atoms with Gasteiger partial charge in [-0.25, -0.2) is 0 Å². The number of nitrogens with zero attached hydrogens (tertiary/aromatic N) is 2. The van der Waals surface area contributed by atoms with Crippen LogP contribution in [0.25, 0.3) is 11.1 Å². The Morgan fingerprint density at radius 3 is 1.05 bits per heavy atom. The molecule has 0 radical (unpaired) electrons. The molecule has 59 heavy (non-hydrogen) atoms. The average molecular weight is 759 g/mol.